The Balaban J connectivity index is 1.36. The molecule has 0 aliphatic carbocycles. The number of carbonyl (C=O) groups excluding carboxylic acids is 1. The summed E-state index contributed by atoms with van der Waals surface area (Å²) >= 11 is 0. The normalized spacial score (nSPS) is 18.5. The summed E-state index contributed by atoms with van der Waals surface area (Å²) in [5, 5.41) is 10.6. The summed E-state index contributed by atoms with van der Waals surface area (Å²) in [6.07, 6.45) is 3.34. The molecule has 31 heavy (non-hydrogen) atoms. The van der Waals surface area contributed by atoms with Gasteiger partial charge in [-0.15, -0.1) is 0 Å². The van der Waals surface area contributed by atoms with Crippen molar-refractivity contribution in [3.63, 3.8) is 0 Å². The van der Waals surface area contributed by atoms with Crippen molar-refractivity contribution in [3.8, 4) is 11.3 Å². The Bertz CT molecular complexity index is 1050. The van der Waals surface area contributed by atoms with Gasteiger partial charge in [0.15, 0.2) is 0 Å². The highest BCUT2D eigenvalue weighted by Crippen LogP contribution is 2.28. The van der Waals surface area contributed by atoms with Gasteiger partial charge in [-0.3, -0.25) is 14.7 Å². The van der Waals surface area contributed by atoms with Gasteiger partial charge in [-0.25, -0.2) is 0 Å². The quantitative estimate of drug-likeness (QED) is 0.678. The molecule has 2 aromatic heterocycles. The van der Waals surface area contributed by atoms with Gasteiger partial charge in [-0.05, 0) is 30.5 Å². The van der Waals surface area contributed by atoms with Gasteiger partial charge in [0.1, 0.15) is 5.69 Å². The van der Waals surface area contributed by atoms with Crippen LogP contribution in [0.3, 0.4) is 0 Å². The van der Waals surface area contributed by atoms with Gasteiger partial charge < -0.3 is 19.7 Å². The van der Waals surface area contributed by atoms with Crippen molar-refractivity contribution in [1.29, 1.82) is 0 Å². The molecule has 7 heteroatoms. The van der Waals surface area contributed by atoms with E-state index >= 15 is 0 Å². The van der Waals surface area contributed by atoms with Crippen LogP contribution in [0.1, 0.15) is 28.9 Å². The van der Waals surface area contributed by atoms with Gasteiger partial charge in [0, 0.05) is 55.4 Å². The highest BCUT2D eigenvalue weighted by Gasteiger charge is 2.21. The number of piperidine rings is 1. The monoisotopic (exact) mass is 420 g/mol. The summed E-state index contributed by atoms with van der Waals surface area (Å²) in [5.41, 5.74) is 4.67. The number of fused-ring (bicyclic) bond motifs is 1. The van der Waals surface area contributed by atoms with Crippen LogP contribution in [0.15, 0.2) is 42.6 Å². The molecule has 4 heterocycles. The van der Waals surface area contributed by atoms with Crippen LogP contribution in [0, 0.1) is 0 Å². The highest BCUT2D eigenvalue weighted by molar-refractivity contribution is 6.01. The van der Waals surface area contributed by atoms with E-state index in [1.807, 2.05) is 17.0 Å². The predicted molar refractivity (Wildman–Crippen MR) is 119 cm³/mol. The van der Waals surface area contributed by atoms with Gasteiger partial charge in [0.05, 0.1) is 25.0 Å². The largest absolute Gasteiger partial charge is 0.393 e. The fourth-order valence-electron chi connectivity index (χ4n) is 4.44. The zero-order chi connectivity index (χ0) is 21.2. The lowest BCUT2D eigenvalue weighted by atomic mass is 10.0. The predicted octanol–water partition coefficient (Wildman–Crippen LogP) is 2.66. The summed E-state index contributed by atoms with van der Waals surface area (Å²) in [6.45, 7) is 5.19. The smallest absolute Gasteiger partial charge is 0.270 e. The number of likely N-dealkylation sites (tertiary alicyclic amines) is 1. The first-order valence-corrected chi connectivity index (χ1v) is 11.0. The first kappa shape index (κ1) is 20.2. The lowest BCUT2D eigenvalue weighted by Gasteiger charge is -2.29. The number of hydrogen-bond donors (Lipinski definition) is 2. The maximum absolute atomic E-state index is 12.9. The molecular formula is C24H28N4O3. The molecule has 3 aromatic rings. The van der Waals surface area contributed by atoms with E-state index < -0.39 is 0 Å². The first-order valence-electron chi connectivity index (χ1n) is 11.0. The molecule has 0 spiro atoms. The third kappa shape index (κ3) is 4.35. The molecule has 0 unspecified atom stereocenters. The summed E-state index contributed by atoms with van der Waals surface area (Å²) in [5.74, 6) is 0.00690. The lowest BCUT2D eigenvalue weighted by molar-refractivity contribution is 0.0299. The number of amides is 1. The van der Waals surface area contributed by atoms with Crippen molar-refractivity contribution in [2.24, 2.45) is 0 Å². The number of hydrogen-bond acceptors (Lipinski definition) is 5. The van der Waals surface area contributed by atoms with Crippen LogP contribution in [-0.2, 0) is 11.3 Å². The number of aromatic amines is 1. The summed E-state index contributed by atoms with van der Waals surface area (Å²) < 4.78 is 5.36. The lowest BCUT2D eigenvalue weighted by Crippen LogP contribution is -2.40. The number of nitrogens with zero attached hydrogens (tertiary/aromatic N) is 3. The summed E-state index contributed by atoms with van der Waals surface area (Å²) in [7, 11) is 0. The number of rotatable bonds is 4. The number of aliphatic hydroxyl groups excluding tert-OH is 1. The number of benzene rings is 1. The second kappa shape index (κ2) is 8.78. The van der Waals surface area contributed by atoms with Crippen LogP contribution < -0.4 is 0 Å². The van der Waals surface area contributed by atoms with Crippen molar-refractivity contribution in [3.05, 3.63) is 53.9 Å². The van der Waals surface area contributed by atoms with Gasteiger partial charge in [0.25, 0.3) is 5.91 Å². The average molecular weight is 421 g/mol. The van der Waals surface area contributed by atoms with Crippen LogP contribution >= 0.6 is 0 Å². The number of pyridine rings is 1. The summed E-state index contributed by atoms with van der Waals surface area (Å²) in [4.78, 5) is 25.0. The summed E-state index contributed by atoms with van der Waals surface area (Å²) in [6, 6.07) is 12.3. The first-order chi connectivity index (χ1) is 15.2. The van der Waals surface area contributed by atoms with Gasteiger partial charge in [-0.1, -0.05) is 24.3 Å². The minimum absolute atomic E-state index is 0.00690. The van der Waals surface area contributed by atoms with Crippen molar-refractivity contribution >= 4 is 16.8 Å². The molecule has 2 aliphatic heterocycles. The van der Waals surface area contributed by atoms with E-state index in [1.54, 1.807) is 6.20 Å². The van der Waals surface area contributed by atoms with Crippen molar-refractivity contribution < 1.29 is 14.6 Å². The minimum Gasteiger partial charge on any atom is -0.393 e. The third-order valence-electron chi connectivity index (χ3n) is 6.27. The third-order valence-corrected chi connectivity index (χ3v) is 6.27. The number of carbonyl (C=O) groups is 1. The van der Waals surface area contributed by atoms with Crippen molar-refractivity contribution in [1.82, 2.24) is 19.8 Å². The number of aliphatic hydroxyl groups is 1. The zero-order valence-electron chi connectivity index (χ0n) is 17.6. The Morgan fingerprint density at radius 3 is 2.58 bits per heavy atom. The number of H-pyrrole nitrogens is 1. The molecule has 0 bridgehead atoms. The molecule has 0 radical (unpaired) electrons. The van der Waals surface area contributed by atoms with Crippen LogP contribution in [0.5, 0.6) is 0 Å². The standard InChI is InChI=1S/C24H28N4O3/c29-19-6-9-27(10-7-19)16-17-1-3-18(4-2-17)23-20-15-22(26-21(20)5-8-25-23)24(30)28-11-13-31-14-12-28/h1-5,8,15,19,26,29H,6-7,9-14,16H2. The molecule has 5 rings (SSSR count). The Hall–Kier alpha value is -2.74. The molecule has 2 fully saturated rings. The highest BCUT2D eigenvalue weighted by atomic mass is 16.5. The molecular weight excluding hydrogens is 392 g/mol. The molecule has 162 valence electrons. The van der Waals surface area contributed by atoms with Gasteiger partial charge in [0.2, 0.25) is 0 Å². The maximum atomic E-state index is 12.9. The van der Waals surface area contributed by atoms with Crippen LogP contribution in [0.4, 0.5) is 0 Å². The number of ether oxygens (including phenoxy) is 1. The second-order valence-corrected chi connectivity index (χ2v) is 8.41. The van der Waals surface area contributed by atoms with E-state index in [9.17, 15) is 9.90 Å². The number of morpholine rings is 1. The molecule has 1 aromatic carbocycles. The van der Waals surface area contributed by atoms with Crippen LogP contribution in [0.2, 0.25) is 0 Å². The Morgan fingerprint density at radius 2 is 1.84 bits per heavy atom. The maximum Gasteiger partial charge on any atom is 0.270 e. The minimum atomic E-state index is -0.147. The SMILES string of the molecule is O=C(c1cc2c(-c3ccc(CN4CCC(O)CC4)cc3)nccc2[nH]1)N1CCOCC1. The van der Waals surface area contributed by atoms with E-state index in [-0.39, 0.29) is 12.0 Å². The molecule has 1 amide bonds. The van der Waals surface area contributed by atoms with Crippen molar-refractivity contribution in [2.75, 3.05) is 39.4 Å². The van der Waals surface area contributed by atoms with Gasteiger partial charge in [-0.2, -0.15) is 0 Å². The van der Waals surface area contributed by atoms with Crippen molar-refractivity contribution in [2.45, 2.75) is 25.5 Å². The fourth-order valence-corrected chi connectivity index (χ4v) is 4.44. The molecule has 0 atom stereocenters. The Labute approximate surface area is 181 Å². The average Bonchev–Trinajstić information content (AvgIpc) is 3.26. The van der Waals surface area contributed by atoms with E-state index in [2.05, 4.69) is 39.1 Å². The molecule has 2 aliphatic rings. The van der Waals surface area contributed by atoms with Gasteiger partial charge >= 0.3 is 0 Å². The Kier molecular flexibility index (Phi) is 5.72. The van der Waals surface area contributed by atoms with Crippen LogP contribution in [0.25, 0.3) is 22.2 Å². The molecule has 2 saturated heterocycles. The number of aromatic nitrogens is 2. The van der Waals surface area contributed by atoms with E-state index in [0.717, 1.165) is 54.6 Å². The van der Waals surface area contributed by atoms with E-state index in [0.29, 0.717) is 32.0 Å². The second-order valence-electron chi connectivity index (χ2n) is 8.41. The van der Waals surface area contributed by atoms with Crippen LogP contribution in [-0.4, -0.2) is 76.3 Å². The van der Waals surface area contributed by atoms with E-state index in [1.165, 1.54) is 5.56 Å². The molecule has 7 nitrogen and oxygen atoms in total. The topological polar surface area (TPSA) is 81.7 Å². The fraction of sp³-hybridized carbons (Fsp3) is 0.417. The Morgan fingerprint density at radius 1 is 1.10 bits per heavy atom. The van der Waals surface area contributed by atoms with E-state index in [4.69, 9.17) is 4.74 Å². The molecule has 0 saturated carbocycles. The zero-order valence-corrected chi connectivity index (χ0v) is 17.6. The molecule has 2 N–H and O–H groups in total. The number of nitrogens with one attached hydrogen (secondary N) is 1.